The molecule has 3 heterocycles. The maximum atomic E-state index is 13.5. The van der Waals surface area contributed by atoms with Crippen molar-refractivity contribution in [2.45, 2.75) is 42.5 Å². The Kier molecular flexibility index (Phi) is 8.54. The summed E-state index contributed by atoms with van der Waals surface area (Å²) in [7, 11) is -2.38. The second kappa shape index (κ2) is 11.8. The maximum absolute atomic E-state index is 13.5. The quantitative estimate of drug-likeness (QED) is 0.335. The first-order chi connectivity index (χ1) is 17.7. The zero-order chi connectivity index (χ0) is 26.4. The summed E-state index contributed by atoms with van der Waals surface area (Å²) in [5, 5.41) is 23.7. The second-order valence-electron chi connectivity index (χ2n) is 9.07. The van der Waals surface area contributed by atoms with Gasteiger partial charge in [0, 0.05) is 45.2 Å². The van der Waals surface area contributed by atoms with Gasteiger partial charge in [-0.15, -0.1) is 0 Å². The fourth-order valence-electron chi connectivity index (χ4n) is 4.21. The summed E-state index contributed by atoms with van der Waals surface area (Å²) < 4.78 is 35.4. The summed E-state index contributed by atoms with van der Waals surface area (Å²) in [6, 6.07) is 11.0. The minimum Gasteiger partial charge on any atom is -0.508 e. The molecule has 12 heteroatoms. The van der Waals surface area contributed by atoms with E-state index < -0.39 is 28.1 Å². The minimum atomic E-state index is -4.05. The summed E-state index contributed by atoms with van der Waals surface area (Å²) in [6.45, 7) is 0.314. The van der Waals surface area contributed by atoms with Crippen molar-refractivity contribution < 1.29 is 28.2 Å². The van der Waals surface area contributed by atoms with Gasteiger partial charge in [-0.1, -0.05) is 30.3 Å². The molecule has 0 aliphatic carbocycles. The summed E-state index contributed by atoms with van der Waals surface area (Å²) in [5.74, 6) is -0.723. The Morgan fingerprint density at radius 3 is 2.70 bits per heavy atom. The first-order valence-corrected chi connectivity index (χ1v) is 13.4. The van der Waals surface area contributed by atoms with Crippen LogP contribution in [0.2, 0.25) is 0 Å². The standard InChI is InChI=1S/C25H31N5O6S/c1-29-16-24(27-17-29)37(34,35)30(14-20-8-5-11-36-20)15-23(32)21(12-18-6-3-2-4-7-18)28-25(33)22-13-19(31)9-10-26-22/h2-4,6-7,9-10,13,16-17,20-21,23,32H,5,8,11-12,14-15H2,1H3,(H,26,31)(H,28,33)/t20?,21-,23+/m0/s1. The van der Waals surface area contributed by atoms with Gasteiger partial charge in [0.1, 0.15) is 11.4 Å². The van der Waals surface area contributed by atoms with E-state index in [0.717, 1.165) is 12.0 Å². The number of hydrogen-bond donors (Lipinski definition) is 3. The van der Waals surface area contributed by atoms with Crippen molar-refractivity contribution in [1.82, 2.24) is 24.2 Å². The highest BCUT2D eigenvalue weighted by molar-refractivity contribution is 7.89. The molecule has 3 atom stereocenters. The number of rotatable bonds is 11. The van der Waals surface area contributed by atoms with Crippen molar-refractivity contribution in [1.29, 1.82) is 0 Å². The van der Waals surface area contributed by atoms with E-state index in [1.165, 1.54) is 39.7 Å². The molecule has 4 rings (SSSR count). The van der Waals surface area contributed by atoms with Gasteiger partial charge in [-0.2, -0.15) is 4.31 Å². The number of carbonyl (C=O) groups is 1. The Bertz CT molecular complexity index is 1290. The van der Waals surface area contributed by atoms with E-state index in [1.807, 2.05) is 30.3 Å². The van der Waals surface area contributed by atoms with E-state index in [1.54, 1.807) is 7.05 Å². The van der Waals surface area contributed by atoms with Crippen LogP contribution in [0.4, 0.5) is 0 Å². The van der Waals surface area contributed by atoms with Crippen molar-refractivity contribution >= 4 is 15.9 Å². The number of sulfonamides is 1. The Balaban J connectivity index is 1.59. The molecule has 1 saturated heterocycles. The van der Waals surface area contributed by atoms with E-state index in [2.05, 4.69) is 15.3 Å². The normalized spacial score (nSPS) is 17.5. The maximum Gasteiger partial charge on any atom is 0.270 e. The molecule has 3 aromatic rings. The molecular formula is C25H31N5O6S. The molecule has 0 radical (unpaired) electrons. The van der Waals surface area contributed by atoms with Gasteiger partial charge < -0.3 is 24.8 Å². The van der Waals surface area contributed by atoms with Crippen LogP contribution in [-0.4, -0.2) is 81.3 Å². The third kappa shape index (κ3) is 6.92. The molecule has 0 saturated carbocycles. The van der Waals surface area contributed by atoms with Gasteiger partial charge in [-0.05, 0) is 30.9 Å². The van der Waals surface area contributed by atoms with Gasteiger partial charge in [0.2, 0.25) is 0 Å². The van der Waals surface area contributed by atoms with Crippen LogP contribution >= 0.6 is 0 Å². The predicted molar refractivity (Wildman–Crippen MR) is 134 cm³/mol. The lowest BCUT2D eigenvalue weighted by Crippen LogP contribution is -2.51. The number of aliphatic hydroxyl groups is 1. The van der Waals surface area contributed by atoms with Crippen molar-refractivity contribution in [3.63, 3.8) is 0 Å². The monoisotopic (exact) mass is 529 g/mol. The van der Waals surface area contributed by atoms with E-state index in [4.69, 9.17) is 4.74 Å². The Morgan fingerprint density at radius 2 is 2.05 bits per heavy atom. The molecule has 1 aromatic carbocycles. The molecule has 1 unspecified atom stereocenters. The zero-order valence-corrected chi connectivity index (χ0v) is 21.3. The number of hydrogen-bond acceptors (Lipinski definition) is 8. The SMILES string of the molecule is Cn1cnc(S(=O)(=O)N(CC2CCCO2)C[C@@H](O)[C@H](Cc2ccccc2)NC(=O)c2cc(O)ccn2)c1. The molecule has 0 bridgehead atoms. The van der Waals surface area contributed by atoms with Crippen LogP contribution in [0.5, 0.6) is 5.75 Å². The number of benzene rings is 1. The van der Waals surface area contributed by atoms with Crippen LogP contribution in [0.3, 0.4) is 0 Å². The van der Waals surface area contributed by atoms with E-state index in [0.29, 0.717) is 13.0 Å². The minimum absolute atomic E-state index is 0.0254. The Labute approximate surface area is 215 Å². The summed E-state index contributed by atoms with van der Waals surface area (Å²) in [6.07, 6.45) is 4.30. The number of aryl methyl sites for hydroxylation is 1. The molecule has 3 N–H and O–H groups in total. The number of aromatic nitrogens is 3. The molecule has 37 heavy (non-hydrogen) atoms. The average molecular weight is 530 g/mol. The predicted octanol–water partition coefficient (Wildman–Crippen LogP) is 1.09. The molecular weight excluding hydrogens is 498 g/mol. The van der Waals surface area contributed by atoms with Crippen molar-refractivity contribution in [2.24, 2.45) is 7.05 Å². The smallest absolute Gasteiger partial charge is 0.270 e. The summed E-state index contributed by atoms with van der Waals surface area (Å²) in [5.41, 5.74) is 0.816. The van der Waals surface area contributed by atoms with Crippen LogP contribution in [0, 0.1) is 0 Å². The molecule has 198 valence electrons. The lowest BCUT2D eigenvalue weighted by molar-refractivity contribution is 0.0623. The van der Waals surface area contributed by atoms with Crippen LogP contribution in [0.25, 0.3) is 0 Å². The number of carbonyl (C=O) groups excluding carboxylic acids is 1. The molecule has 1 aliphatic heterocycles. The van der Waals surface area contributed by atoms with Crippen molar-refractivity contribution in [2.75, 3.05) is 19.7 Å². The Morgan fingerprint density at radius 1 is 1.27 bits per heavy atom. The van der Waals surface area contributed by atoms with Gasteiger partial charge in [0.05, 0.1) is 24.6 Å². The van der Waals surface area contributed by atoms with Gasteiger partial charge in [0.15, 0.2) is 5.03 Å². The zero-order valence-electron chi connectivity index (χ0n) is 20.5. The van der Waals surface area contributed by atoms with E-state index >= 15 is 0 Å². The molecule has 11 nitrogen and oxygen atoms in total. The van der Waals surface area contributed by atoms with Crippen LogP contribution in [-0.2, 0) is 28.2 Å². The van der Waals surface area contributed by atoms with Crippen LogP contribution in [0.1, 0.15) is 28.9 Å². The van der Waals surface area contributed by atoms with Crippen LogP contribution in [0.15, 0.2) is 66.2 Å². The highest BCUT2D eigenvalue weighted by Crippen LogP contribution is 2.21. The number of imidazole rings is 1. The number of nitrogens with zero attached hydrogens (tertiary/aromatic N) is 4. The topological polar surface area (TPSA) is 147 Å². The lowest BCUT2D eigenvalue weighted by atomic mass is 10.0. The number of aliphatic hydroxyl groups excluding tert-OH is 1. The first-order valence-electron chi connectivity index (χ1n) is 12.0. The van der Waals surface area contributed by atoms with Gasteiger partial charge in [0.25, 0.3) is 15.9 Å². The number of aromatic hydroxyl groups is 1. The molecule has 0 spiro atoms. The lowest BCUT2D eigenvalue weighted by Gasteiger charge is -2.30. The van der Waals surface area contributed by atoms with Gasteiger partial charge in [-0.25, -0.2) is 13.4 Å². The van der Waals surface area contributed by atoms with Crippen molar-refractivity contribution in [3.05, 3.63) is 72.4 Å². The third-order valence-corrected chi connectivity index (χ3v) is 7.88. The van der Waals surface area contributed by atoms with Gasteiger partial charge in [-0.3, -0.25) is 9.78 Å². The molecule has 2 aromatic heterocycles. The fourth-order valence-corrected chi connectivity index (χ4v) is 5.67. The Hall–Kier alpha value is -3.32. The number of amides is 1. The largest absolute Gasteiger partial charge is 0.508 e. The highest BCUT2D eigenvalue weighted by atomic mass is 32.2. The molecule has 1 amide bonds. The van der Waals surface area contributed by atoms with Crippen LogP contribution < -0.4 is 5.32 Å². The molecule has 1 fully saturated rings. The van der Waals surface area contributed by atoms with E-state index in [9.17, 15) is 23.4 Å². The first kappa shape index (κ1) is 26.7. The van der Waals surface area contributed by atoms with E-state index in [-0.39, 0.29) is 42.1 Å². The molecule has 1 aliphatic rings. The second-order valence-corrected chi connectivity index (χ2v) is 11.0. The highest BCUT2D eigenvalue weighted by Gasteiger charge is 2.34. The number of nitrogens with one attached hydrogen (secondary N) is 1. The summed E-state index contributed by atoms with van der Waals surface area (Å²) >= 11 is 0. The average Bonchev–Trinajstić information content (AvgIpc) is 3.56. The number of ether oxygens (including phenoxy) is 1. The summed E-state index contributed by atoms with van der Waals surface area (Å²) in [4.78, 5) is 20.9. The third-order valence-electron chi connectivity index (χ3n) is 6.16. The van der Waals surface area contributed by atoms with Gasteiger partial charge >= 0.3 is 0 Å². The van der Waals surface area contributed by atoms with Crippen molar-refractivity contribution in [3.8, 4) is 5.75 Å². The fraction of sp³-hybridized carbons (Fsp3) is 0.400. The number of pyridine rings is 1.